The number of ether oxygens (including phenoxy) is 1. The van der Waals surface area contributed by atoms with E-state index >= 15 is 0 Å². The van der Waals surface area contributed by atoms with Gasteiger partial charge in [0.1, 0.15) is 17.8 Å². The fourth-order valence-corrected chi connectivity index (χ4v) is 2.40. The van der Waals surface area contributed by atoms with Gasteiger partial charge in [-0.1, -0.05) is 6.92 Å². The molecule has 1 saturated heterocycles. The van der Waals surface area contributed by atoms with Crippen LogP contribution in [-0.4, -0.2) is 49.7 Å². The number of hydrogen-bond donors (Lipinski definition) is 2. The fraction of sp³-hybridized carbons (Fsp3) is 0.615. The summed E-state index contributed by atoms with van der Waals surface area (Å²) in [6.07, 6.45) is 5.56. The summed E-state index contributed by atoms with van der Waals surface area (Å²) in [5.74, 6) is 2.68. The number of H-pyrrole nitrogens is 2. The maximum Gasteiger partial charge on any atom is 0.180 e. The normalized spacial score (nSPS) is 20.4. The Morgan fingerprint density at radius 2 is 2.40 bits per heavy atom. The van der Waals surface area contributed by atoms with Gasteiger partial charge in [-0.25, -0.2) is 9.97 Å². The molecule has 2 aromatic rings. The summed E-state index contributed by atoms with van der Waals surface area (Å²) < 4.78 is 5.79. The van der Waals surface area contributed by atoms with Crippen molar-refractivity contribution in [3.8, 4) is 0 Å². The zero-order valence-electron chi connectivity index (χ0n) is 11.7. The molecule has 1 atom stereocenters. The molecule has 2 aromatic heterocycles. The lowest BCUT2D eigenvalue weighted by Gasteiger charge is -2.30. The van der Waals surface area contributed by atoms with Crippen molar-refractivity contribution in [3.63, 3.8) is 0 Å². The molecule has 1 aliphatic rings. The van der Waals surface area contributed by atoms with Crippen molar-refractivity contribution in [2.75, 3.05) is 19.7 Å². The maximum absolute atomic E-state index is 5.79. The predicted octanol–water partition coefficient (Wildman–Crippen LogP) is 1.05. The number of hydrogen-bond acceptors (Lipinski definition) is 5. The van der Waals surface area contributed by atoms with Crippen molar-refractivity contribution in [3.05, 3.63) is 29.9 Å². The van der Waals surface area contributed by atoms with E-state index in [-0.39, 0.29) is 6.10 Å². The molecule has 0 aromatic carbocycles. The molecule has 3 heterocycles. The minimum absolute atomic E-state index is 0.0550. The molecule has 0 bridgehead atoms. The molecule has 7 heteroatoms. The number of nitrogens with one attached hydrogen (secondary N) is 2. The van der Waals surface area contributed by atoms with Crippen LogP contribution in [0.4, 0.5) is 0 Å². The first-order chi connectivity index (χ1) is 9.85. The predicted molar refractivity (Wildman–Crippen MR) is 72.9 cm³/mol. The molecule has 20 heavy (non-hydrogen) atoms. The minimum atomic E-state index is -0.0550. The number of aromatic amines is 2. The quantitative estimate of drug-likeness (QED) is 0.853. The Bertz CT molecular complexity index is 523. The molecule has 0 radical (unpaired) electrons. The van der Waals surface area contributed by atoms with Crippen LogP contribution >= 0.6 is 0 Å². The zero-order chi connectivity index (χ0) is 13.8. The zero-order valence-corrected chi connectivity index (χ0v) is 11.7. The topological polar surface area (TPSA) is 82.7 Å². The van der Waals surface area contributed by atoms with Gasteiger partial charge in [-0.15, -0.1) is 0 Å². The van der Waals surface area contributed by atoms with Gasteiger partial charge in [0.25, 0.3) is 0 Å². The summed E-state index contributed by atoms with van der Waals surface area (Å²) in [7, 11) is 0. The van der Waals surface area contributed by atoms with Crippen LogP contribution in [0.15, 0.2) is 12.4 Å². The molecule has 1 fully saturated rings. The van der Waals surface area contributed by atoms with Crippen molar-refractivity contribution < 1.29 is 4.74 Å². The molecule has 0 amide bonds. The first-order valence-electron chi connectivity index (χ1n) is 7.08. The summed E-state index contributed by atoms with van der Waals surface area (Å²) >= 11 is 0. The summed E-state index contributed by atoms with van der Waals surface area (Å²) in [6, 6.07) is 0. The second-order valence-electron chi connectivity index (χ2n) is 5.02. The molecule has 3 rings (SSSR count). The van der Waals surface area contributed by atoms with Gasteiger partial charge in [-0.2, -0.15) is 5.10 Å². The third-order valence-corrected chi connectivity index (χ3v) is 3.40. The van der Waals surface area contributed by atoms with Crippen LogP contribution < -0.4 is 0 Å². The summed E-state index contributed by atoms with van der Waals surface area (Å²) in [5.41, 5.74) is 0. The highest BCUT2D eigenvalue weighted by Crippen LogP contribution is 2.20. The number of aromatic nitrogens is 5. The van der Waals surface area contributed by atoms with Crippen molar-refractivity contribution >= 4 is 0 Å². The van der Waals surface area contributed by atoms with Crippen LogP contribution in [0.1, 0.15) is 36.9 Å². The lowest BCUT2D eigenvalue weighted by molar-refractivity contribution is -0.0377. The Kier molecular flexibility index (Phi) is 4.08. The Morgan fingerprint density at radius 1 is 1.45 bits per heavy atom. The lowest BCUT2D eigenvalue weighted by Crippen LogP contribution is -2.38. The van der Waals surface area contributed by atoms with E-state index in [1.807, 2.05) is 6.20 Å². The third-order valence-electron chi connectivity index (χ3n) is 3.40. The maximum atomic E-state index is 5.79. The minimum Gasteiger partial charge on any atom is -0.367 e. The van der Waals surface area contributed by atoms with E-state index in [0.29, 0.717) is 6.61 Å². The van der Waals surface area contributed by atoms with Crippen LogP contribution in [0.2, 0.25) is 0 Å². The molecule has 2 N–H and O–H groups in total. The Labute approximate surface area is 117 Å². The largest absolute Gasteiger partial charge is 0.367 e. The summed E-state index contributed by atoms with van der Waals surface area (Å²) in [5, 5.41) is 7.26. The van der Waals surface area contributed by atoms with E-state index < -0.39 is 0 Å². The second kappa shape index (κ2) is 6.15. The molecule has 0 unspecified atom stereocenters. The molecule has 0 aliphatic carbocycles. The van der Waals surface area contributed by atoms with Gasteiger partial charge >= 0.3 is 0 Å². The van der Waals surface area contributed by atoms with Crippen molar-refractivity contribution in [1.82, 2.24) is 30.0 Å². The molecule has 1 aliphatic heterocycles. The highest BCUT2D eigenvalue weighted by atomic mass is 16.5. The van der Waals surface area contributed by atoms with E-state index in [4.69, 9.17) is 4.74 Å². The number of morpholine rings is 1. The van der Waals surface area contributed by atoms with E-state index in [2.05, 4.69) is 37.0 Å². The Balaban J connectivity index is 1.62. The second-order valence-corrected chi connectivity index (χ2v) is 5.02. The van der Waals surface area contributed by atoms with Gasteiger partial charge in [-0.3, -0.25) is 10.00 Å². The van der Waals surface area contributed by atoms with E-state index in [9.17, 15) is 0 Å². The Morgan fingerprint density at radius 3 is 3.20 bits per heavy atom. The van der Waals surface area contributed by atoms with Crippen molar-refractivity contribution in [2.45, 2.75) is 32.4 Å². The van der Waals surface area contributed by atoms with E-state index in [1.54, 1.807) is 6.20 Å². The van der Waals surface area contributed by atoms with Crippen LogP contribution in [0.3, 0.4) is 0 Å². The third kappa shape index (κ3) is 3.05. The molecule has 0 saturated carbocycles. The Hall–Kier alpha value is -1.73. The molecule has 0 spiro atoms. The SMILES string of the molecule is CCCc1nc([C@H]2CN(Cc3ncc[nH]3)CCO2)n[nH]1. The fourth-order valence-electron chi connectivity index (χ4n) is 2.40. The van der Waals surface area contributed by atoms with Gasteiger partial charge in [0.15, 0.2) is 5.82 Å². The van der Waals surface area contributed by atoms with Crippen molar-refractivity contribution in [2.24, 2.45) is 0 Å². The molecular weight excluding hydrogens is 256 g/mol. The first kappa shape index (κ1) is 13.3. The standard InChI is InChI=1S/C13H20N6O/c1-2-3-11-16-13(18-17-11)10-8-19(6-7-20-10)9-12-14-4-5-15-12/h4-5,10H,2-3,6-9H2,1H3,(H,14,15)(H,16,17,18)/t10-/m1/s1. The lowest BCUT2D eigenvalue weighted by atomic mass is 10.2. The van der Waals surface area contributed by atoms with Gasteiger partial charge in [0.05, 0.1) is 13.2 Å². The van der Waals surface area contributed by atoms with E-state index in [0.717, 1.165) is 49.9 Å². The van der Waals surface area contributed by atoms with Gasteiger partial charge in [-0.05, 0) is 6.42 Å². The highest BCUT2D eigenvalue weighted by molar-refractivity contribution is 4.97. The highest BCUT2D eigenvalue weighted by Gasteiger charge is 2.25. The first-order valence-corrected chi connectivity index (χ1v) is 7.08. The van der Waals surface area contributed by atoms with Crippen LogP contribution in [0.5, 0.6) is 0 Å². The van der Waals surface area contributed by atoms with Crippen LogP contribution in [0, 0.1) is 0 Å². The number of rotatable bonds is 5. The molecule has 7 nitrogen and oxygen atoms in total. The average molecular weight is 276 g/mol. The van der Waals surface area contributed by atoms with Crippen molar-refractivity contribution in [1.29, 1.82) is 0 Å². The van der Waals surface area contributed by atoms with Gasteiger partial charge < -0.3 is 9.72 Å². The molecular formula is C13H20N6O. The summed E-state index contributed by atoms with van der Waals surface area (Å²) in [4.78, 5) is 14.2. The number of nitrogens with zero attached hydrogens (tertiary/aromatic N) is 4. The number of imidazole rings is 1. The van der Waals surface area contributed by atoms with Crippen LogP contribution in [-0.2, 0) is 17.7 Å². The van der Waals surface area contributed by atoms with Gasteiger partial charge in [0, 0.05) is 31.9 Å². The average Bonchev–Trinajstić information content (AvgIpc) is 3.11. The van der Waals surface area contributed by atoms with Crippen LogP contribution in [0.25, 0.3) is 0 Å². The summed E-state index contributed by atoms with van der Waals surface area (Å²) in [6.45, 7) is 5.33. The number of aryl methyl sites for hydroxylation is 1. The molecule has 108 valence electrons. The van der Waals surface area contributed by atoms with Gasteiger partial charge in [0.2, 0.25) is 0 Å². The monoisotopic (exact) mass is 276 g/mol. The smallest absolute Gasteiger partial charge is 0.180 e. The van der Waals surface area contributed by atoms with E-state index in [1.165, 1.54) is 0 Å².